The van der Waals surface area contributed by atoms with Crippen LogP contribution in [0.15, 0.2) is 24.3 Å². The molecular weight excluding hydrogens is 332 g/mol. The predicted molar refractivity (Wildman–Crippen MR) is 97.5 cm³/mol. The Balaban J connectivity index is 1.68. The molecule has 0 saturated carbocycles. The average molecular weight is 356 g/mol. The highest BCUT2D eigenvalue weighted by atomic mass is 16.5. The van der Waals surface area contributed by atoms with Crippen molar-refractivity contribution >= 4 is 17.6 Å². The normalized spacial score (nSPS) is 13.6. The van der Waals surface area contributed by atoms with Gasteiger partial charge in [-0.3, -0.25) is 9.59 Å². The zero-order valence-electron chi connectivity index (χ0n) is 15.0. The van der Waals surface area contributed by atoms with Crippen LogP contribution in [0.1, 0.15) is 44.9 Å². The minimum Gasteiger partial charge on any atom is -0.466 e. The molecule has 0 saturated heterocycles. The molecule has 0 unspecified atom stereocenters. The first-order valence-electron chi connectivity index (χ1n) is 9.15. The topological polar surface area (TPSA) is 86.1 Å². The zero-order valence-corrected chi connectivity index (χ0v) is 15.0. The number of aryl methyl sites for hydroxylation is 1. The van der Waals surface area contributed by atoms with Crippen molar-refractivity contribution in [1.82, 2.24) is 14.8 Å². The number of benzene rings is 1. The number of rotatable bonds is 6. The van der Waals surface area contributed by atoms with E-state index in [1.54, 1.807) is 6.92 Å². The number of aromatic nitrogens is 3. The first-order valence-corrected chi connectivity index (χ1v) is 9.15. The van der Waals surface area contributed by atoms with Crippen LogP contribution in [0.25, 0.3) is 11.4 Å². The first-order chi connectivity index (χ1) is 12.7. The summed E-state index contributed by atoms with van der Waals surface area (Å²) in [5, 5.41) is 11.5. The number of nitrogens with one attached hydrogen (secondary N) is 1. The number of ether oxygens (including phenoxy) is 1. The SMILES string of the molecule is CCOC(=O)CCC(=O)Nc1cccc(-c2nnc3n2CCCCC3)c1. The molecule has 1 aliphatic heterocycles. The van der Waals surface area contributed by atoms with Gasteiger partial charge in [0, 0.05) is 30.6 Å². The van der Waals surface area contributed by atoms with Crippen LogP contribution in [0.3, 0.4) is 0 Å². The van der Waals surface area contributed by atoms with Gasteiger partial charge in [-0.2, -0.15) is 0 Å². The Hall–Kier alpha value is -2.70. The standard InChI is InChI=1S/C19H24N4O3/c1-2-26-18(25)11-10-17(24)20-15-8-6-7-14(13-15)19-22-21-16-9-4-3-5-12-23(16)19/h6-8,13H,2-5,9-12H2,1H3,(H,20,24). The molecule has 26 heavy (non-hydrogen) atoms. The lowest BCUT2D eigenvalue weighted by atomic mass is 10.1. The maximum absolute atomic E-state index is 12.0. The van der Waals surface area contributed by atoms with E-state index < -0.39 is 0 Å². The minimum atomic E-state index is -0.359. The molecule has 0 radical (unpaired) electrons. The molecule has 0 atom stereocenters. The van der Waals surface area contributed by atoms with Crippen molar-refractivity contribution in [3.05, 3.63) is 30.1 Å². The van der Waals surface area contributed by atoms with Crippen LogP contribution in [0, 0.1) is 0 Å². The molecule has 2 aromatic rings. The van der Waals surface area contributed by atoms with E-state index in [9.17, 15) is 9.59 Å². The van der Waals surface area contributed by atoms with Gasteiger partial charge in [-0.05, 0) is 31.9 Å². The molecule has 2 heterocycles. The van der Waals surface area contributed by atoms with Gasteiger partial charge in [0.15, 0.2) is 5.82 Å². The molecule has 7 nitrogen and oxygen atoms in total. The molecule has 7 heteroatoms. The van der Waals surface area contributed by atoms with Crippen LogP contribution in [0.5, 0.6) is 0 Å². The van der Waals surface area contributed by atoms with Gasteiger partial charge < -0.3 is 14.6 Å². The fourth-order valence-corrected chi connectivity index (χ4v) is 3.11. The molecule has 1 N–H and O–H groups in total. The Labute approximate surface area is 152 Å². The average Bonchev–Trinajstić information content (AvgIpc) is 2.89. The van der Waals surface area contributed by atoms with Gasteiger partial charge in [-0.15, -0.1) is 10.2 Å². The van der Waals surface area contributed by atoms with E-state index in [1.165, 1.54) is 6.42 Å². The van der Waals surface area contributed by atoms with E-state index in [1.807, 2.05) is 24.3 Å². The van der Waals surface area contributed by atoms with Crippen LogP contribution in [-0.2, 0) is 27.3 Å². The van der Waals surface area contributed by atoms with E-state index in [2.05, 4.69) is 20.1 Å². The molecule has 3 rings (SSSR count). The van der Waals surface area contributed by atoms with Crippen molar-refractivity contribution < 1.29 is 14.3 Å². The van der Waals surface area contributed by atoms with Crippen molar-refractivity contribution in [3.8, 4) is 11.4 Å². The second kappa shape index (κ2) is 8.60. The summed E-state index contributed by atoms with van der Waals surface area (Å²) in [6, 6.07) is 7.57. The third-order valence-electron chi connectivity index (χ3n) is 4.38. The Morgan fingerprint density at radius 1 is 1.19 bits per heavy atom. The third-order valence-corrected chi connectivity index (χ3v) is 4.38. The smallest absolute Gasteiger partial charge is 0.306 e. The van der Waals surface area contributed by atoms with E-state index in [4.69, 9.17) is 4.74 Å². The summed E-state index contributed by atoms with van der Waals surface area (Å²) < 4.78 is 7.01. The van der Waals surface area contributed by atoms with Gasteiger partial charge in [0.1, 0.15) is 5.82 Å². The van der Waals surface area contributed by atoms with Gasteiger partial charge in [-0.1, -0.05) is 18.6 Å². The number of esters is 1. The van der Waals surface area contributed by atoms with Crippen molar-refractivity contribution in [2.24, 2.45) is 0 Å². The first kappa shape index (κ1) is 18.1. The fraction of sp³-hybridized carbons (Fsp3) is 0.474. The molecule has 1 amide bonds. The number of hydrogen-bond acceptors (Lipinski definition) is 5. The van der Waals surface area contributed by atoms with E-state index in [0.717, 1.165) is 43.0 Å². The Morgan fingerprint density at radius 2 is 2.08 bits per heavy atom. The maximum Gasteiger partial charge on any atom is 0.306 e. The Kier molecular flexibility index (Phi) is 5.99. The van der Waals surface area contributed by atoms with E-state index >= 15 is 0 Å². The van der Waals surface area contributed by atoms with Gasteiger partial charge in [0.25, 0.3) is 0 Å². The highest BCUT2D eigenvalue weighted by Crippen LogP contribution is 2.24. The predicted octanol–water partition coefficient (Wildman–Crippen LogP) is 2.95. The summed E-state index contributed by atoms with van der Waals surface area (Å²) in [5.41, 5.74) is 1.61. The number of anilines is 1. The highest BCUT2D eigenvalue weighted by molar-refractivity contribution is 5.93. The Morgan fingerprint density at radius 3 is 2.92 bits per heavy atom. The van der Waals surface area contributed by atoms with Crippen molar-refractivity contribution in [3.63, 3.8) is 0 Å². The summed E-state index contributed by atoms with van der Waals surface area (Å²) in [6.45, 7) is 2.99. The summed E-state index contributed by atoms with van der Waals surface area (Å²) in [7, 11) is 0. The molecule has 0 bridgehead atoms. The minimum absolute atomic E-state index is 0.0804. The lowest BCUT2D eigenvalue weighted by Gasteiger charge is -2.09. The van der Waals surface area contributed by atoms with Crippen LogP contribution < -0.4 is 5.32 Å². The van der Waals surface area contributed by atoms with E-state index in [0.29, 0.717) is 12.3 Å². The summed E-state index contributed by atoms with van der Waals surface area (Å²) in [6.07, 6.45) is 4.62. The van der Waals surface area contributed by atoms with Crippen LogP contribution in [-0.4, -0.2) is 33.2 Å². The zero-order chi connectivity index (χ0) is 18.4. The highest BCUT2D eigenvalue weighted by Gasteiger charge is 2.16. The monoisotopic (exact) mass is 356 g/mol. The lowest BCUT2D eigenvalue weighted by molar-refractivity contribution is -0.144. The Bertz CT molecular complexity index is 785. The van der Waals surface area contributed by atoms with Crippen LogP contribution >= 0.6 is 0 Å². The molecule has 1 aliphatic rings. The maximum atomic E-state index is 12.0. The van der Waals surface area contributed by atoms with Crippen LogP contribution in [0.2, 0.25) is 0 Å². The second-order valence-electron chi connectivity index (χ2n) is 6.34. The summed E-state index contributed by atoms with van der Waals surface area (Å²) in [4.78, 5) is 23.4. The quantitative estimate of drug-likeness (QED) is 0.804. The van der Waals surface area contributed by atoms with Gasteiger partial charge in [0.2, 0.25) is 5.91 Å². The largest absolute Gasteiger partial charge is 0.466 e. The number of carbonyl (C=O) groups is 2. The van der Waals surface area contributed by atoms with Crippen molar-refractivity contribution in [2.75, 3.05) is 11.9 Å². The fourth-order valence-electron chi connectivity index (χ4n) is 3.11. The van der Waals surface area contributed by atoms with Gasteiger partial charge >= 0.3 is 5.97 Å². The summed E-state index contributed by atoms with van der Waals surface area (Å²) in [5.74, 6) is 1.30. The lowest BCUT2D eigenvalue weighted by Crippen LogP contribution is -2.14. The molecule has 0 fully saturated rings. The van der Waals surface area contributed by atoms with Crippen LogP contribution in [0.4, 0.5) is 5.69 Å². The number of carbonyl (C=O) groups excluding carboxylic acids is 2. The molecular formula is C19H24N4O3. The molecule has 1 aromatic carbocycles. The third kappa shape index (κ3) is 4.47. The van der Waals surface area contributed by atoms with Gasteiger partial charge in [0.05, 0.1) is 13.0 Å². The second-order valence-corrected chi connectivity index (χ2v) is 6.34. The molecule has 0 spiro atoms. The number of amides is 1. The number of fused-ring (bicyclic) bond motifs is 1. The molecule has 1 aromatic heterocycles. The summed E-state index contributed by atoms with van der Waals surface area (Å²) >= 11 is 0. The van der Waals surface area contributed by atoms with Crippen molar-refractivity contribution in [2.45, 2.75) is 52.0 Å². The van der Waals surface area contributed by atoms with E-state index in [-0.39, 0.29) is 24.7 Å². The molecule has 138 valence electrons. The molecule has 0 aliphatic carbocycles. The van der Waals surface area contributed by atoms with Gasteiger partial charge in [-0.25, -0.2) is 0 Å². The number of nitrogens with zero attached hydrogens (tertiary/aromatic N) is 3. The number of hydrogen-bond donors (Lipinski definition) is 1. The van der Waals surface area contributed by atoms with Crippen molar-refractivity contribution in [1.29, 1.82) is 0 Å².